The molecule has 0 fully saturated rings. The van der Waals surface area contributed by atoms with Crippen molar-refractivity contribution in [3.8, 4) is 0 Å². The monoisotopic (exact) mass is 580 g/mol. The fourth-order valence-electron chi connectivity index (χ4n) is 5.77. The van der Waals surface area contributed by atoms with Crippen molar-refractivity contribution in [3.63, 3.8) is 0 Å². The number of nitrogens with zero attached hydrogens (tertiary/aromatic N) is 2. The summed E-state index contributed by atoms with van der Waals surface area (Å²) in [6.45, 7) is 2.27. The lowest BCUT2D eigenvalue weighted by atomic mass is 9.97. The summed E-state index contributed by atoms with van der Waals surface area (Å²) in [4.78, 5) is 36.1. The third kappa shape index (κ3) is 10.2. The highest BCUT2D eigenvalue weighted by Gasteiger charge is 2.27. The second kappa shape index (κ2) is 18.0. The van der Waals surface area contributed by atoms with E-state index in [0.29, 0.717) is 28.8 Å². The first kappa shape index (κ1) is 32.1. The lowest BCUT2D eigenvalue weighted by Crippen LogP contribution is -2.34. The normalized spacial score (nSPS) is 11.3. The molecule has 2 N–H and O–H groups in total. The highest BCUT2D eigenvalue weighted by Crippen LogP contribution is 2.25. The first-order chi connectivity index (χ1) is 21.2. The van der Waals surface area contributed by atoms with Gasteiger partial charge in [-0.1, -0.05) is 133 Å². The molecule has 6 heteroatoms. The highest BCUT2D eigenvalue weighted by atomic mass is 16.2. The van der Waals surface area contributed by atoms with Gasteiger partial charge in [0.2, 0.25) is 11.8 Å². The summed E-state index contributed by atoms with van der Waals surface area (Å²) >= 11 is 0. The van der Waals surface area contributed by atoms with Crippen LogP contribution in [0, 0.1) is 5.92 Å². The molecule has 0 aliphatic rings. The largest absolute Gasteiger partial charge is 0.324 e. The van der Waals surface area contributed by atoms with E-state index in [1.165, 1.54) is 70.6 Å². The summed E-state index contributed by atoms with van der Waals surface area (Å²) in [5.74, 6) is -1.44. The highest BCUT2D eigenvalue weighted by molar-refractivity contribution is 6.14. The molecule has 0 radical (unpaired) electrons. The Morgan fingerprint density at radius 3 is 1.40 bits per heavy atom. The third-order valence-electron chi connectivity index (χ3n) is 8.26. The van der Waals surface area contributed by atoms with Gasteiger partial charge in [0.15, 0.2) is 0 Å². The Bertz CT molecular complexity index is 1330. The predicted octanol–water partition coefficient (Wildman–Crippen LogP) is 9.85. The minimum Gasteiger partial charge on any atom is -0.324 e. The minimum atomic E-state index is -0.824. The van der Waals surface area contributed by atoms with Gasteiger partial charge in [-0.05, 0) is 30.7 Å². The lowest BCUT2D eigenvalue weighted by Gasteiger charge is -2.18. The molecule has 43 heavy (non-hydrogen) atoms. The molecule has 2 aromatic carbocycles. The summed E-state index contributed by atoms with van der Waals surface area (Å²) < 4.78 is 0. The molecule has 2 aromatic heterocycles. The Hall–Kier alpha value is -3.80. The molecule has 0 saturated carbocycles. The second-order valence-electron chi connectivity index (χ2n) is 11.7. The van der Waals surface area contributed by atoms with Crippen LogP contribution in [0.5, 0.6) is 0 Å². The molecular formula is C37H48N4O2. The van der Waals surface area contributed by atoms with E-state index < -0.39 is 5.92 Å². The smallest absolute Gasteiger partial charge is 0.237 e. The van der Waals surface area contributed by atoms with Crippen molar-refractivity contribution in [1.29, 1.82) is 0 Å². The molecule has 0 saturated heterocycles. The van der Waals surface area contributed by atoms with Crippen LogP contribution in [0.15, 0.2) is 73.1 Å². The molecule has 4 aromatic rings. The summed E-state index contributed by atoms with van der Waals surface area (Å²) in [6.07, 6.45) is 21.6. The zero-order valence-electron chi connectivity index (χ0n) is 25.8. The van der Waals surface area contributed by atoms with Gasteiger partial charge in [-0.15, -0.1) is 0 Å². The second-order valence-corrected chi connectivity index (χ2v) is 11.7. The number of hydrogen-bond acceptors (Lipinski definition) is 4. The van der Waals surface area contributed by atoms with E-state index >= 15 is 0 Å². The van der Waals surface area contributed by atoms with E-state index in [4.69, 9.17) is 0 Å². The standard InChI is InChI=1S/C37H48N4O2/c1-2-3-4-5-6-7-8-9-10-11-12-13-14-15-24-31(36(42)40-32-25-16-20-29-22-18-27-38-34(29)32)37(43)41-33-26-17-21-30-23-19-28-39-35(30)33/h16-23,25-28,31H,2-15,24H2,1H3,(H,40,42)(H,41,43). The van der Waals surface area contributed by atoms with Crippen LogP contribution in [0.25, 0.3) is 21.8 Å². The number of carbonyl (C=O) groups excluding carboxylic acids is 2. The van der Waals surface area contributed by atoms with E-state index in [1.54, 1.807) is 12.4 Å². The molecule has 6 nitrogen and oxygen atoms in total. The summed E-state index contributed by atoms with van der Waals surface area (Å²) in [6, 6.07) is 19.1. The Labute approximate surface area is 257 Å². The topological polar surface area (TPSA) is 84.0 Å². The molecule has 4 rings (SSSR count). The molecule has 0 bridgehead atoms. The van der Waals surface area contributed by atoms with Gasteiger partial charge in [0, 0.05) is 23.2 Å². The minimum absolute atomic E-state index is 0.307. The van der Waals surface area contributed by atoms with Gasteiger partial charge in [0.05, 0.1) is 22.4 Å². The van der Waals surface area contributed by atoms with E-state index in [9.17, 15) is 9.59 Å². The number of anilines is 2. The summed E-state index contributed by atoms with van der Waals surface area (Å²) in [5.41, 5.74) is 2.67. The van der Waals surface area contributed by atoms with Crippen LogP contribution < -0.4 is 10.6 Å². The van der Waals surface area contributed by atoms with Crippen molar-refractivity contribution in [2.24, 2.45) is 5.92 Å². The molecular weight excluding hydrogens is 532 g/mol. The number of fused-ring (bicyclic) bond motifs is 2. The maximum Gasteiger partial charge on any atom is 0.237 e. The molecule has 0 spiro atoms. The SMILES string of the molecule is CCCCCCCCCCCCCCCCC(C(=O)Nc1cccc2cccnc12)C(=O)Nc1cccc2cccnc12. The maximum atomic E-state index is 13.6. The molecule has 228 valence electrons. The zero-order valence-corrected chi connectivity index (χ0v) is 25.8. The van der Waals surface area contributed by atoms with Crippen LogP contribution in [0.4, 0.5) is 11.4 Å². The fraction of sp³-hybridized carbons (Fsp3) is 0.459. The first-order valence-corrected chi connectivity index (χ1v) is 16.5. The number of carbonyl (C=O) groups is 2. The summed E-state index contributed by atoms with van der Waals surface area (Å²) in [7, 11) is 0. The van der Waals surface area contributed by atoms with Gasteiger partial charge in [-0.3, -0.25) is 19.6 Å². The van der Waals surface area contributed by atoms with E-state index in [2.05, 4.69) is 27.5 Å². The average molecular weight is 581 g/mol. The number of rotatable bonds is 19. The molecule has 0 unspecified atom stereocenters. The molecule has 2 heterocycles. The van der Waals surface area contributed by atoms with Gasteiger partial charge < -0.3 is 10.6 Å². The Morgan fingerprint density at radius 2 is 0.953 bits per heavy atom. The first-order valence-electron chi connectivity index (χ1n) is 16.5. The average Bonchev–Trinajstić information content (AvgIpc) is 3.03. The van der Waals surface area contributed by atoms with Crippen molar-refractivity contribution in [2.75, 3.05) is 10.6 Å². The van der Waals surface area contributed by atoms with Crippen LogP contribution in [0.1, 0.15) is 103 Å². The zero-order chi connectivity index (χ0) is 30.1. The van der Waals surface area contributed by atoms with Crippen molar-refractivity contribution in [1.82, 2.24) is 9.97 Å². The number of unbranched alkanes of at least 4 members (excludes halogenated alkanes) is 13. The number of benzene rings is 2. The van der Waals surface area contributed by atoms with Crippen LogP contribution in [-0.4, -0.2) is 21.8 Å². The molecule has 2 amide bonds. The predicted molar refractivity (Wildman–Crippen MR) is 179 cm³/mol. The Balaban J connectivity index is 1.29. The molecule has 0 atom stereocenters. The number of para-hydroxylation sites is 2. The van der Waals surface area contributed by atoms with Crippen LogP contribution in [0.3, 0.4) is 0 Å². The molecule has 0 aliphatic heterocycles. The number of nitrogens with one attached hydrogen (secondary N) is 2. The number of amides is 2. The van der Waals surface area contributed by atoms with Crippen molar-refractivity contribution < 1.29 is 9.59 Å². The van der Waals surface area contributed by atoms with Crippen LogP contribution in [0.2, 0.25) is 0 Å². The van der Waals surface area contributed by atoms with Gasteiger partial charge >= 0.3 is 0 Å². The van der Waals surface area contributed by atoms with Crippen molar-refractivity contribution >= 4 is 45.0 Å². The van der Waals surface area contributed by atoms with Crippen molar-refractivity contribution in [2.45, 2.75) is 103 Å². The lowest BCUT2D eigenvalue weighted by molar-refractivity contribution is -0.129. The van der Waals surface area contributed by atoms with E-state index in [1.807, 2.05) is 60.7 Å². The third-order valence-corrected chi connectivity index (χ3v) is 8.26. The van der Waals surface area contributed by atoms with E-state index in [0.717, 1.165) is 30.0 Å². The van der Waals surface area contributed by atoms with Gasteiger partial charge in [-0.25, -0.2) is 0 Å². The molecule has 0 aliphatic carbocycles. The Kier molecular flexibility index (Phi) is 13.4. The summed E-state index contributed by atoms with van der Waals surface area (Å²) in [5, 5.41) is 7.90. The van der Waals surface area contributed by atoms with Gasteiger partial charge in [0.1, 0.15) is 5.92 Å². The Morgan fingerprint density at radius 1 is 0.558 bits per heavy atom. The van der Waals surface area contributed by atoms with E-state index in [-0.39, 0.29) is 11.8 Å². The quantitative estimate of drug-likeness (QED) is 0.0854. The van der Waals surface area contributed by atoms with Crippen LogP contribution >= 0.6 is 0 Å². The number of hydrogen-bond donors (Lipinski definition) is 2. The number of pyridine rings is 2. The maximum absolute atomic E-state index is 13.6. The van der Waals surface area contributed by atoms with Crippen molar-refractivity contribution in [3.05, 3.63) is 73.1 Å². The van der Waals surface area contributed by atoms with Crippen LogP contribution in [-0.2, 0) is 9.59 Å². The number of aromatic nitrogens is 2. The van der Waals surface area contributed by atoms with Gasteiger partial charge in [0.25, 0.3) is 0 Å². The fourth-order valence-corrected chi connectivity index (χ4v) is 5.77. The van der Waals surface area contributed by atoms with Gasteiger partial charge in [-0.2, -0.15) is 0 Å².